The van der Waals surface area contributed by atoms with Gasteiger partial charge in [0.05, 0.1) is 9.82 Å². The van der Waals surface area contributed by atoms with Crippen molar-refractivity contribution in [2.45, 2.75) is 43.0 Å². The predicted molar refractivity (Wildman–Crippen MR) is 76.7 cm³/mol. The molecule has 0 radical (unpaired) electrons. The van der Waals surface area contributed by atoms with E-state index in [0.717, 1.165) is 38.0 Å². The second-order valence-corrected chi connectivity index (χ2v) is 7.34. The van der Waals surface area contributed by atoms with Gasteiger partial charge in [0.15, 0.2) is 9.84 Å². The van der Waals surface area contributed by atoms with Gasteiger partial charge in [0.25, 0.3) is 5.69 Å². The minimum atomic E-state index is -3.45. The average molecular weight is 298 g/mol. The molecule has 1 N–H and O–H groups in total. The summed E-state index contributed by atoms with van der Waals surface area (Å²) in [6.07, 6.45) is 5.00. The van der Waals surface area contributed by atoms with E-state index in [1.165, 1.54) is 12.1 Å². The van der Waals surface area contributed by atoms with Crippen LogP contribution in [-0.4, -0.2) is 25.1 Å². The number of nitro benzene ring substituents is 1. The van der Waals surface area contributed by atoms with E-state index in [2.05, 4.69) is 5.32 Å². The second-order valence-electron chi connectivity index (χ2n) is 5.32. The van der Waals surface area contributed by atoms with Crippen LogP contribution in [0.4, 0.5) is 11.4 Å². The molecule has 1 aliphatic rings. The van der Waals surface area contributed by atoms with Crippen LogP contribution in [0, 0.1) is 10.1 Å². The van der Waals surface area contributed by atoms with E-state index < -0.39 is 14.8 Å². The molecule has 0 atom stereocenters. The first-order valence-electron chi connectivity index (χ1n) is 6.54. The van der Waals surface area contributed by atoms with Crippen LogP contribution < -0.4 is 5.32 Å². The largest absolute Gasteiger partial charge is 0.374 e. The first kappa shape index (κ1) is 14.8. The zero-order valence-corrected chi connectivity index (χ0v) is 12.4. The van der Waals surface area contributed by atoms with Crippen molar-refractivity contribution in [3.05, 3.63) is 28.3 Å². The van der Waals surface area contributed by atoms with E-state index >= 15 is 0 Å². The van der Waals surface area contributed by atoms with Crippen molar-refractivity contribution in [2.75, 3.05) is 11.6 Å². The summed E-state index contributed by atoms with van der Waals surface area (Å²) in [5.41, 5.74) is 0.119. The molecule has 20 heavy (non-hydrogen) atoms. The van der Waals surface area contributed by atoms with E-state index in [1.54, 1.807) is 0 Å². The molecule has 0 bridgehead atoms. The molecule has 1 aliphatic carbocycles. The number of sulfone groups is 1. The van der Waals surface area contributed by atoms with Gasteiger partial charge in [-0.25, -0.2) is 8.42 Å². The first-order chi connectivity index (χ1) is 9.27. The summed E-state index contributed by atoms with van der Waals surface area (Å²) in [4.78, 5) is 10.6. The van der Waals surface area contributed by atoms with Gasteiger partial charge in [-0.3, -0.25) is 10.1 Å². The predicted octanol–water partition coefficient (Wildman–Crippen LogP) is 2.74. The maximum absolute atomic E-state index is 11.5. The number of anilines is 1. The molecule has 0 saturated heterocycles. The third-order valence-corrected chi connectivity index (χ3v) is 5.09. The highest BCUT2D eigenvalue weighted by Gasteiger charge is 2.36. The standard InChI is InChI=1S/C13H18N2O4S/c1-3-13(7-4-8-13)14-11-6-5-10(20(2,18)19)9-12(11)15(16)17/h5-6,9,14H,3-4,7-8H2,1-2H3. The molecule has 0 spiro atoms. The lowest BCUT2D eigenvalue weighted by molar-refractivity contribution is -0.384. The van der Waals surface area contributed by atoms with Crippen LogP contribution in [0.5, 0.6) is 0 Å². The Morgan fingerprint density at radius 3 is 2.45 bits per heavy atom. The summed E-state index contributed by atoms with van der Waals surface area (Å²) in [5.74, 6) is 0. The van der Waals surface area contributed by atoms with Crippen LogP contribution in [0.15, 0.2) is 23.1 Å². The molecule has 0 aliphatic heterocycles. The van der Waals surface area contributed by atoms with Crippen molar-refractivity contribution in [2.24, 2.45) is 0 Å². The van der Waals surface area contributed by atoms with E-state index in [0.29, 0.717) is 5.69 Å². The van der Waals surface area contributed by atoms with Crippen molar-refractivity contribution in [3.8, 4) is 0 Å². The van der Waals surface area contributed by atoms with Gasteiger partial charge >= 0.3 is 0 Å². The molecular weight excluding hydrogens is 280 g/mol. The summed E-state index contributed by atoms with van der Waals surface area (Å²) in [7, 11) is -3.45. The molecule has 1 fully saturated rings. The highest BCUT2D eigenvalue weighted by molar-refractivity contribution is 7.90. The lowest BCUT2D eigenvalue weighted by atomic mass is 9.74. The quantitative estimate of drug-likeness (QED) is 0.667. The fourth-order valence-electron chi connectivity index (χ4n) is 2.46. The summed E-state index contributed by atoms with van der Waals surface area (Å²) in [5, 5.41) is 14.4. The number of hydrogen-bond donors (Lipinski definition) is 1. The van der Waals surface area contributed by atoms with E-state index in [9.17, 15) is 18.5 Å². The molecule has 0 unspecified atom stereocenters. The van der Waals surface area contributed by atoms with Crippen molar-refractivity contribution in [1.29, 1.82) is 0 Å². The molecule has 1 saturated carbocycles. The zero-order chi connectivity index (χ0) is 15.0. The highest BCUT2D eigenvalue weighted by atomic mass is 32.2. The van der Waals surface area contributed by atoms with E-state index in [4.69, 9.17) is 0 Å². The molecule has 6 nitrogen and oxygen atoms in total. The third-order valence-electron chi connectivity index (χ3n) is 3.98. The number of nitrogens with zero attached hydrogens (tertiary/aromatic N) is 1. The Bertz CT molecular complexity index is 630. The van der Waals surface area contributed by atoms with Gasteiger partial charge in [-0.1, -0.05) is 6.92 Å². The lowest BCUT2D eigenvalue weighted by Crippen LogP contribution is -2.44. The number of rotatable bonds is 5. The minimum Gasteiger partial charge on any atom is -0.374 e. The van der Waals surface area contributed by atoms with Gasteiger partial charge in [0.2, 0.25) is 0 Å². The number of benzene rings is 1. The maximum Gasteiger partial charge on any atom is 0.293 e. The van der Waals surface area contributed by atoms with Crippen molar-refractivity contribution >= 4 is 21.2 Å². The Morgan fingerprint density at radius 1 is 1.40 bits per heavy atom. The Labute approximate surface area is 118 Å². The van der Waals surface area contributed by atoms with E-state index in [-0.39, 0.29) is 16.1 Å². The smallest absolute Gasteiger partial charge is 0.293 e. The van der Waals surface area contributed by atoms with Crippen LogP contribution >= 0.6 is 0 Å². The zero-order valence-electron chi connectivity index (χ0n) is 11.5. The van der Waals surface area contributed by atoms with Gasteiger partial charge in [0.1, 0.15) is 5.69 Å². The lowest BCUT2D eigenvalue weighted by Gasteiger charge is -2.42. The van der Waals surface area contributed by atoms with Crippen molar-refractivity contribution in [3.63, 3.8) is 0 Å². The Morgan fingerprint density at radius 2 is 2.05 bits per heavy atom. The fourth-order valence-corrected chi connectivity index (χ4v) is 3.10. The second kappa shape index (κ2) is 5.05. The summed E-state index contributed by atoms with van der Waals surface area (Å²) in [6.45, 7) is 2.04. The normalized spacial score (nSPS) is 17.3. The van der Waals surface area contributed by atoms with Gasteiger partial charge in [0, 0.05) is 17.9 Å². The summed E-state index contributed by atoms with van der Waals surface area (Å²) < 4.78 is 23.0. The highest BCUT2D eigenvalue weighted by Crippen LogP contribution is 2.40. The number of nitrogens with one attached hydrogen (secondary N) is 1. The molecule has 1 aromatic carbocycles. The van der Waals surface area contributed by atoms with Gasteiger partial charge in [-0.05, 0) is 37.8 Å². The molecule has 0 amide bonds. The Hall–Kier alpha value is -1.63. The van der Waals surface area contributed by atoms with Crippen LogP contribution in [-0.2, 0) is 9.84 Å². The monoisotopic (exact) mass is 298 g/mol. The van der Waals surface area contributed by atoms with Gasteiger partial charge < -0.3 is 5.32 Å². The van der Waals surface area contributed by atoms with Crippen molar-refractivity contribution < 1.29 is 13.3 Å². The molecule has 110 valence electrons. The van der Waals surface area contributed by atoms with E-state index in [1.807, 2.05) is 6.92 Å². The number of nitro groups is 1. The maximum atomic E-state index is 11.5. The minimum absolute atomic E-state index is 0.0334. The van der Waals surface area contributed by atoms with Crippen molar-refractivity contribution in [1.82, 2.24) is 0 Å². The van der Waals surface area contributed by atoms with Gasteiger partial charge in [-0.2, -0.15) is 0 Å². The van der Waals surface area contributed by atoms with Crippen LogP contribution in [0.1, 0.15) is 32.6 Å². The topological polar surface area (TPSA) is 89.3 Å². The van der Waals surface area contributed by atoms with Gasteiger partial charge in [-0.15, -0.1) is 0 Å². The fraction of sp³-hybridized carbons (Fsp3) is 0.538. The SMILES string of the molecule is CCC1(Nc2ccc(S(C)(=O)=O)cc2[N+](=O)[O-])CCC1. The summed E-state index contributed by atoms with van der Waals surface area (Å²) >= 11 is 0. The number of hydrogen-bond acceptors (Lipinski definition) is 5. The third kappa shape index (κ3) is 2.77. The molecule has 1 aromatic rings. The summed E-state index contributed by atoms with van der Waals surface area (Å²) in [6, 6.07) is 4.02. The molecule has 2 rings (SSSR count). The van der Waals surface area contributed by atoms with Crippen LogP contribution in [0.25, 0.3) is 0 Å². The molecule has 0 aromatic heterocycles. The molecular formula is C13H18N2O4S. The molecule has 0 heterocycles. The van der Waals surface area contributed by atoms with Crippen LogP contribution in [0.2, 0.25) is 0 Å². The molecule has 7 heteroatoms. The first-order valence-corrected chi connectivity index (χ1v) is 8.43. The Kier molecular flexibility index (Phi) is 3.73. The van der Waals surface area contributed by atoms with Crippen LogP contribution in [0.3, 0.4) is 0 Å². The Balaban J connectivity index is 2.41. The average Bonchev–Trinajstić information content (AvgIpc) is 2.32.